The van der Waals surface area contributed by atoms with Crippen molar-refractivity contribution in [2.24, 2.45) is 10.1 Å². The predicted octanol–water partition coefficient (Wildman–Crippen LogP) is 5.64. The molecule has 4 aromatic rings. The van der Waals surface area contributed by atoms with Crippen molar-refractivity contribution < 1.29 is 18.7 Å². The second-order valence-corrected chi connectivity index (χ2v) is 11.3. The number of fused-ring (bicyclic) bond motifs is 2. The van der Waals surface area contributed by atoms with Crippen LogP contribution < -0.4 is 25.4 Å². The number of amides is 1. The first-order valence-corrected chi connectivity index (χ1v) is 15.1. The molecule has 4 aromatic carbocycles. The second kappa shape index (κ2) is 12.4. The van der Waals surface area contributed by atoms with Gasteiger partial charge in [0.1, 0.15) is 18.1 Å². The summed E-state index contributed by atoms with van der Waals surface area (Å²) < 4.78 is 27.1. The first-order chi connectivity index (χ1) is 20.5. The quantitative estimate of drug-likeness (QED) is 0.269. The van der Waals surface area contributed by atoms with Crippen molar-refractivity contribution in [3.63, 3.8) is 0 Å². The van der Waals surface area contributed by atoms with Crippen LogP contribution >= 0.6 is 27.7 Å². The summed E-state index contributed by atoms with van der Waals surface area (Å²) in [5.74, 6) is 0.822. The minimum Gasteiger partial charge on any atom is -0.490 e. The van der Waals surface area contributed by atoms with E-state index in [9.17, 15) is 9.18 Å². The Morgan fingerprint density at radius 2 is 1.76 bits per heavy atom. The number of nitrogens with zero attached hydrogens (tertiary/aromatic N) is 3. The van der Waals surface area contributed by atoms with Gasteiger partial charge in [0, 0.05) is 16.5 Å². The normalized spacial score (nSPS) is 15.6. The number of para-hydroxylation sites is 1. The SMILES string of the molecule is CCOc1cc(C2N=c3ccccc3=C3C(=O)NC(SCc4ccccc4F)=NN32)cc(Br)c1OCc1ccccc1. The number of hydrogen-bond acceptors (Lipinski definition) is 7. The molecule has 42 heavy (non-hydrogen) atoms. The van der Waals surface area contributed by atoms with Crippen LogP contribution in [0.4, 0.5) is 4.39 Å². The monoisotopic (exact) mass is 644 g/mol. The average molecular weight is 646 g/mol. The van der Waals surface area contributed by atoms with E-state index < -0.39 is 6.17 Å². The number of hydrazone groups is 1. The maximum Gasteiger partial charge on any atom is 0.276 e. The van der Waals surface area contributed by atoms with Gasteiger partial charge >= 0.3 is 0 Å². The summed E-state index contributed by atoms with van der Waals surface area (Å²) in [4.78, 5) is 18.5. The van der Waals surface area contributed by atoms with Crippen LogP contribution in [0.25, 0.3) is 5.70 Å². The zero-order valence-electron chi connectivity index (χ0n) is 22.6. The van der Waals surface area contributed by atoms with Crippen molar-refractivity contribution >= 4 is 44.5 Å². The molecule has 1 atom stereocenters. The number of hydrogen-bond donors (Lipinski definition) is 1. The average Bonchev–Trinajstić information content (AvgIpc) is 3.00. The van der Waals surface area contributed by atoms with Gasteiger partial charge in [-0.3, -0.25) is 15.1 Å². The number of thioether (sulfide) groups is 1. The van der Waals surface area contributed by atoms with Crippen molar-refractivity contribution in [3.05, 3.63) is 129 Å². The third kappa shape index (κ3) is 5.77. The van der Waals surface area contributed by atoms with Crippen molar-refractivity contribution in [1.82, 2.24) is 10.3 Å². The highest BCUT2D eigenvalue weighted by Crippen LogP contribution is 2.41. The molecule has 6 rings (SSSR count). The highest BCUT2D eigenvalue weighted by atomic mass is 79.9. The van der Waals surface area contributed by atoms with Crippen LogP contribution in [0.1, 0.15) is 29.8 Å². The molecule has 2 heterocycles. The van der Waals surface area contributed by atoms with Crippen LogP contribution in [0, 0.1) is 5.82 Å². The number of rotatable bonds is 8. The number of halogens is 2. The van der Waals surface area contributed by atoms with E-state index in [1.54, 1.807) is 23.2 Å². The van der Waals surface area contributed by atoms with Gasteiger partial charge in [-0.2, -0.15) is 0 Å². The molecular weight excluding hydrogens is 619 g/mol. The fourth-order valence-corrected chi connectivity index (χ4v) is 6.15. The molecule has 1 unspecified atom stereocenters. The maximum absolute atomic E-state index is 14.3. The Labute approximate surface area is 254 Å². The van der Waals surface area contributed by atoms with E-state index in [-0.39, 0.29) is 11.7 Å². The van der Waals surface area contributed by atoms with Crippen LogP contribution in [-0.4, -0.2) is 22.7 Å². The molecule has 0 radical (unpaired) electrons. The number of carbonyl (C=O) groups is 1. The lowest BCUT2D eigenvalue weighted by molar-refractivity contribution is -0.116. The molecule has 0 aliphatic carbocycles. The fourth-order valence-electron chi connectivity index (χ4n) is 4.74. The smallest absolute Gasteiger partial charge is 0.276 e. The Balaban J connectivity index is 1.38. The molecule has 7 nitrogen and oxygen atoms in total. The Kier molecular flexibility index (Phi) is 8.25. The molecule has 0 saturated heterocycles. The lowest BCUT2D eigenvalue weighted by Crippen LogP contribution is -2.50. The first kappa shape index (κ1) is 28.0. The largest absolute Gasteiger partial charge is 0.490 e. The number of nitrogens with one attached hydrogen (secondary N) is 1. The third-order valence-electron chi connectivity index (χ3n) is 6.69. The Morgan fingerprint density at radius 1 is 1.00 bits per heavy atom. The third-order valence-corrected chi connectivity index (χ3v) is 8.19. The van der Waals surface area contributed by atoms with Gasteiger partial charge in [0.15, 0.2) is 22.8 Å². The van der Waals surface area contributed by atoms with Crippen LogP contribution in [0.2, 0.25) is 0 Å². The zero-order chi connectivity index (χ0) is 29.1. The maximum atomic E-state index is 14.3. The van der Waals surface area contributed by atoms with Crippen molar-refractivity contribution in [2.75, 3.05) is 6.61 Å². The first-order valence-electron chi connectivity index (χ1n) is 13.4. The van der Waals surface area contributed by atoms with Crippen molar-refractivity contribution in [3.8, 4) is 11.5 Å². The fraction of sp³-hybridized carbons (Fsp3) is 0.156. The molecule has 212 valence electrons. The summed E-state index contributed by atoms with van der Waals surface area (Å²) in [6.45, 7) is 2.71. The van der Waals surface area contributed by atoms with Gasteiger partial charge in [0.2, 0.25) is 0 Å². The molecule has 0 fully saturated rings. The van der Waals surface area contributed by atoms with Gasteiger partial charge in [-0.15, -0.1) is 5.10 Å². The summed E-state index contributed by atoms with van der Waals surface area (Å²) in [7, 11) is 0. The van der Waals surface area contributed by atoms with E-state index in [4.69, 9.17) is 19.6 Å². The van der Waals surface area contributed by atoms with E-state index >= 15 is 0 Å². The molecular formula is C32H26BrFN4O3S. The number of ether oxygens (including phenoxy) is 2. The van der Waals surface area contributed by atoms with E-state index in [1.165, 1.54) is 17.8 Å². The minimum atomic E-state index is -0.663. The van der Waals surface area contributed by atoms with Crippen molar-refractivity contribution in [2.45, 2.75) is 25.4 Å². The lowest BCUT2D eigenvalue weighted by atomic mass is 10.1. The Morgan fingerprint density at radius 3 is 2.57 bits per heavy atom. The van der Waals surface area contributed by atoms with Gasteiger partial charge in [-0.05, 0) is 58.2 Å². The number of benzene rings is 4. The molecule has 0 spiro atoms. The molecule has 10 heteroatoms. The van der Waals surface area contributed by atoms with Crippen LogP contribution in [0.3, 0.4) is 0 Å². The van der Waals surface area contributed by atoms with Crippen LogP contribution in [0.15, 0.2) is 106 Å². The Hall–Kier alpha value is -4.15. The van der Waals surface area contributed by atoms with E-state index in [0.717, 1.165) is 11.1 Å². The molecule has 1 N–H and O–H groups in total. The van der Waals surface area contributed by atoms with Gasteiger partial charge in [-0.1, -0.05) is 78.5 Å². The summed E-state index contributed by atoms with van der Waals surface area (Å²) in [5.41, 5.74) is 2.69. The van der Waals surface area contributed by atoms with Gasteiger partial charge < -0.3 is 9.47 Å². The second-order valence-electron chi connectivity index (χ2n) is 9.49. The summed E-state index contributed by atoms with van der Waals surface area (Å²) in [6, 6.07) is 27.7. The van der Waals surface area contributed by atoms with Crippen LogP contribution in [-0.2, 0) is 17.2 Å². The lowest BCUT2D eigenvalue weighted by Gasteiger charge is -2.34. The molecule has 2 aliphatic heterocycles. The van der Waals surface area contributed by atoms with E-state index in [1.807, 2.05) is 73.7 Å². The topological polar surface area (TPSA) is 75.5 Å². The molecule has 2 aliphatic rings. The summed E-state index contributed by atoms with van der Waals surface area (Å²) in [5, 5.41) is 11.0. The summed E-state index contributed by atoms with van der Waals surface area (Å²) in [6.07, 6.45) is -0.663. The minimum absolute atomic E-state index is 0.303. The van der Waals surface area contributed by atoms with E-state index in [0.29, 0.717) is 61.9 Å². The zero-order valence-corrected chi connectivity index (χ0v) is 25.0. The molecule has 1 amide bonds. The van der Waals surface area contributed by atoms with Crippen LogP contribution in [0.5, 0.6) is 11.5 Å². The number of carbonyl (C=O) groups excluding carboxylic acids is 1. The van der Waals surface area contributed by atoms with E-state index in [2.05, 4.69) is 21.2 Å². The molecule has 0 aromatic heterocycles. The highest BCUT2D eigenvalue weighted by molar-refractivity contribution is 9.10. The highest BCUT2D eigenvalue weighted by Gasteiger charge is 2.35. The Bertz CT molecular complexity index is 1800. The van der Waals surface area contributed by atoms with Gasteiger partial charge in [0.05, 0.1) is 16.4 Å². The van der Waals surface area contributed by atoms with Gasteiger partial charge in [-0.25, -0.2) is 9.40 Å². The standard InChI is InChI=1S/C32H26BrFN4O3S/c1-2-40-27-17-22(16-24(33)29(27)41-18-20-10-4-3-5-11-20)30-35-26-15-9-7-13-23(26)28-31(39)36-32(37-38(28)30)42-19-21-12-6-8-14-25(21)34/h3-17,30H,2,18-19H2,1H3,(H,36,37,39). The predicted molar refractivity (Wildman–Crippen MR) is 165 cm³/mol. The molecule has 0 saturated carbocycles. The number of amidine groups is 1. The molecule has 0 bridgehead atoms. The van der Waals surface area contributed by atoms with Crippen molar-refractivity contribution in [1.29, 1.82) is 0 Å². The summed E-state index contributed by atoms with van der Waals surface area (Å²) >= 11 is 4.93. The van der Waals surface area contributed by atoms with Gasteiger partial charge in [0.25, 0.3) is 5.91 Å².